The van der Waals surface area contributed by atoms with Crippen molar-refractivity contribution >= 4 is 0 Å². The fourth-order valence-corrected chi connectivity index (χ4v) is 1.46. The monoisotopic (exact) mass is 319 g/mol. The van der Waals surface area contributed by atoms with Gasteiger partial charge in [0.1, 0.15) is 6.54 Å². The molecule has 80 valence electrons. The van der Waals surface area contributed by atoms with Crippen LogP contribution >= 0.6 is 0 Å². The zero-order chi connectivity index (χ0) is 9.97. The third-order valence-electron chi connectivity index (χ3n) is 2.12. The summed E-state index contributed by atoms with van der Waals surface area (Å²) in [6.07, 6.45) is 3.38. The quantitative estimate of drug-likeness (QED) is 0.534. The molecular weight excluding hydrogens is 308 g/mol. The Bertz CT molecular complexity index is 428. The highest BCUT2D eigenvalue weighted by Gasteiger charge is 2.19. The third kappa shape index (κ3) is 2.37. The van der Waals surface area contributed by atoms with Gasteiger partial charge >= 0.3 is 0 Å². The highest BCUT2D eigenvalue weighted by atomic mass is 127. The molecule has 2 aromatic rings. The Hall–Kier alpha value is -0.910. The van der Waals surface area contributed by atoms with Gasteiger partial charge < -0.3 is 28.4 Å². The lowest BCUT2D eigenvalue weighted by molar-refractivity contribution is -0.684. The predicted molar refractivity (Wildman–Crippen MR) is 50.0 cm³/mol. The Kier molecular flexibility index (Phi) is 4.26. The van der Waals surface area contributed by atoms with E-state index in [-0.39, 0.29) is 29.8 Å². The van der Waals surface area contributed by atoms with Crippen LogP contribution in [0, 0.1) is 5.82 Å². The van der Waals surface area contributed by atoms with Crippen LogP contribution in [-0.2, 0) is 6.54 Å². The van der Waals surface area contributed by atoms with Crippen LogP contribution in [0.4, 0.5) is 4.39 Å². The van der Waals surface area contributed by atoms with E-state index >= 15 is 0 Å². The molecule has 0 atom stereocenters. The molecule has 0 aliphatic heterocycles. The van der Waals surface area contributed by atoms with Crippen LogP contribution in [0.2, 0.25) is 0 Å². The van der Waals surface area contributed by atoms with Crippen LogP contribution in [0.5, 0.6) is 0 Å². The number of rotatable bonds is 2. The first-order valence-electron chi connectivity index (χ1n) is 4.54. The molecule has 0 fully saturated rings. The van der Waals surface area contributed by atoms with Crippen molar-refractivity contribution in [1.29, 1.82) is 0 Å². The summed E-state index contributed by atoms with van der Waals surface area (Å²) < 4.78 is 20.5. The van der Waals surface area contributed by atoms with E-state index < -0.39 is 0 Å². The van der Waals surface area contributed by atoms with E-state index in [4.69, 9.17) is 4.42 Å². The number of aryl methyl sites for hydroxylation is 1. The van der Waals surface area contributed by atoms with Gasteiger partial charge in [-0.1, -0.05) is 0 Å². The molecule has 0 N–H and O–H groups in total. The van der Waals surface area contributed by atoms with E-state index in [1.807, 2.05) is 17.7 Å². The van der Waals surface area contributed by atoms with Crippen molar-refractivity contribution < 1.29 is 37.4 Å². The minimum Gasteiger partial charge on any atom is -1.00 e. The van der Waals surface area contributed by atoms with Gasteiger partial charge in [-0.2, -0.15) is 8.96 Å². The fraction of sp³-hybridized carbons (Fsp3) is 0.182. The maximum Gasteiger partial charge on any atom is 0.284 e. The van der Waals surface area contributed by atoms with Gasteiger partial charge in [-0.25, -0.2) is 0 Å². The Morgan fingerprint density at radius 2 is 2.13 bits per heavy atom. The van der Waals surface area contributed by atoms with Crippen molar-refractivity contribution in [1.82, 2.24) is 0 Å². The molecule has 15 heavy (non-hydrogen) atoms. The summed E-state index contributed by atoms with van der Waals surface area (Å²) in [6, 6.07) is 6.63. The van der Waals surface area contributed by atoms with Crippen LogP contribution in [0.15, 0.2) is 41.1 Å². The molecule has 0 spiro atoms. The second-order valence-electron chi connectivity index (χ2n) is 2.97. The molecule has 0 unspecified atom stereocenters. The number of halogens is 2. The number of aromatic nitrogens is 1. The van der Waals surface area contributed by atoms with Gasteiger partial charge in [0.05, 0.1) is 6.26 Å². The molecule has 0 saturated carbocycles. The van der Waals surface area contributed by atoms with Crippen molar-refractivity contribution in [3.63, 3.8) is 0 Å². The lowest BCUT2D eigenvalue weighted by Gasteiger charge is -1.99. The lowest BCUT2D eigenvalue weighted by atomic mass is 10.2. The Morgan fingerprint density at radius 1 is 1.33 bits per heavy atom. The van der Waals surface area contributed by atoms with Gasteiger partial charge in [-0.15, -0.1) is 0 Å². The van der Waals surface area contributed by atoms with Gasteiger partial charge in [0.2, 0.25) is 5.76 Å². The first kappa shape index (κ1) is 12.2. The number of hydrogen-bond donors (Lipinski definition) is 0. The van der Waals surface area contributed by atoms with Crippen LogP contribution < -0.4 is 28.5 Å². The normalized spacial score (nSPS) is 9.73. The predicted octanol–water partition coefficient (Wildman–Crippen LogP) is -0.603. The highest BCUT2D eigenvalue weighted by Crippen LogP contribution is 2.18. The van der Waals surface area contributed by atoms with Gasteiger partial charge in [0.25, 0.3) is 5.69 Å². The zero-order valence-electron chi connectivity index (χ0n) is 8.28. The van der Waals surface area contributed by atoms with Crippen LogP contribution in [0.25, 0.3) is 11.5 Å². The van der Waals surface area contributed by atoms with Crippen molar-refractivity contribution in [2.24, 2.45) is 0 Å². The van der Waals surface area contributed by atoms with Crippen molar-refractivity contribution in [2.45, 2.75) is 13.5 Å². The standard InChI is InChI=1S/C11H11FNO.HI/c1-2-13-7-3-5-9(12)11(13)10-6-4-8-14-10;/h3-8H,2H2,1H3;1H/q+1;/p-1. The molecular formula is C11H11FINO. The van der Waals surface area contributed by atoms with Crippen molar-refractivity contribution in [3.05, 3.63) is 42.5 Å². The summed E-state index contributed by atoms with van der Waals surface area (Å²) in [5.74, 6) is 0.300. The van der Waals surface area contributed by atoms with Gasteiger partial charge in [0, 0.05) is 6.07 Å². The minimum atomic E-state index is -0.260. The minimum absolute atomic E-state index is 0. The van der Waals surface area contributed by atoms with E-state index in [0.29, 0.717) is 18.0 Å². The largest absolute Gasteiger partial charge is 1.00 e. The van der Waals surface area contributed by atoms with Gasteiger partial charge in [-0.3, -0.25) is 0 Å². The molecule has 2 heterocycles. The second-order valence-corrected chi connectivity index (χ2v) is 2.97. The summed E-state index contributed by atoms with van der Waals surface area (Å²) in [7, 11) is 0. The molecule has 0 bridgehead atoms. The maximum atomic E-state index is 13.5. The number of furan rings is 1. The first-order chi connectivity index (χ1) is 6.83. The molecule has 0 radical (unpaired) electrons. The maximum absolute atomic E-state index is 13.5. The van der Waals surface area contributed by atoms with Crippen molar-refractivity contribution in [2.75, 3.05) is 0 Å². The van der Waals surface area contributed by atoms with E-state index in [0.717, 1.165) is 0 Å². The van der Waals surface area contributed by atoms with Gasteiger partial charge in [0.15, 0.2) is 12.0 Å². The van der Waals surface area contributed by atoms with E-state index in [1.54, 1.807) is 24.5 Å². The molecule has 2 aromatic heterocycles. The molecule has 4 heteroatoms. The molecule has 0 aromatic carbocycles. The molecule has 0 aliphatic carbocycles. The summed E-state index contributed by atoms with van der Waals surface area (Å²) in [6.45, 7) is 2.68. The number of hydrogen-bond acceptors (Lipinski definition) is 1. The number of nitrogens with zero attached hydrogens (tertiary/aromatic N) is 1. The number of pyridine rings is 1. The lowest BCUT2D eigenvalue weighted by Crippen LogP contribution is -3.00. The summed E-state index contributed by atoms with van der Waals surface area (Å²) >= 11 is 0. The van der Waals surface area contributed by atoms with Crippen LogP contribution in [-0.4, -0.2) is 0 Å². The molecule has 2 rings (SSSR count). The molecule has 0 saturated heterocycles. The molecule has 0 aliphatic rings. The second kappa shape index (κ2) is 5.25. The van der Waals surface area contributed by atoms with Crippen molar-refractivity contribution in [3.8, 4) is 11.5 Å². The van der Waals surface area contributed by atoms with Gasteiger partial charge in [-0.05, 0) is 25.1 Å². The highest BCUT2D eigenvalue weighted by molar-refractivity contribution is 5.48. The Balaban J connectivity index is 0.00000112. The average Bonchev–Trinajstić information content (AvgIpc) is 2.70. The smallest absolute Gasteiger partial charge is 0.284 e. The zero-order valence-corrected chi connectivity index (χ0v) is 10.4. The Morgan fingerprint density at radius 3 is 2.73 bits per heavy atom. The van der Waals surface area contributed by atoms with Crippen LogP contribution in [0.3, 0.4) is 0 Å². The summed E-state index contributed by atoms with van der Waals surface area (Å²) in [4.78, 5) is 0. The molecule has 0 amide bonds. The van der Waals surface area contributed by atoms with E-state index in [1.165, 1.54) is 6.07 Å². The molecule has 2 nitrogen and oxygen atoms in total. The fourth-order valence-electron chi connectivity index (χ4n) is 1.46. The summed E-state index contributed by atoms with van der Waals surface area (Å²) in [5, 5.41) is 0. The SMILES string of the molecule is CC[n+]1cccc(F)c1-c1ccco1.[I-]. The topological polar surface area (TPSA) is 17.0 Å². The van der Waals surface area contributed by atoms with E-state index in [2.05, 4.69) is 0 Å². The average molecular weight is 319 g/mol. The third-order valence-corrected chi connectivity index (χ3v) is 2.12. The summed E-state index contributed by atoms with van der Waals surface area (Å²) in [5.41, 5.74) is 0.500. The van der Waals surface area contributed by atoms with E-state index in [9.17, 15) is 4.39 Å². The first-order valence-corrected chi connectivity index (χ1v) is 4.54. The Labute approximate surface area is 105 Å². The van der Waals surface area contributed by atoms with Crippen LogP contribution in [0.1, 0.15) is 6.92 Å².